The van der Waals surface area contributed by atoms with Crippen molar-refractivity contribution < 1.29 is 22.8 Å². The van der Waals surface area contributed by atoms with E-state index in [0.717, 1.165) is 17.7 Å². The third-order valence-electron chi connectivity index (χ3n) is 3.93. The van der Waals surface area contributed by atoms with Crippen molar-refractivity contribution in [3.8, 4) is 5.75 Å². The number of hydrogen-bond donors (Lipinski definition) is 0. The molecule has 1 amide bonds. The van der Waals surface area contributed by atoms with Gasteiger partial charge in [0, 0.05) is 25.2 Å². The standard InChI is InChI=1S/C20H18F2N2O3/c1-2-24(12-14-6-4-3-5-7-14)20(25)18-11-16(27-23-18)13-26-19-9-8-15(21)10-17(19)22/h3-11H,2,12-13H2,1H3. The molecule has 0 aliphatic carbocycles. The highest BCUT2D eigenvalue weighted by atomic mass is 19.1. The molecule has 0 bridgehead atoms. The SMILES string of the molecule is CCN(Cc1ccccc1)C(=O)c1cc(COc2ccc(F)cc2F)on1. The normalized spacial score (nSPS) is 10.6. The number of aromatic nitrogens is 1. The first-order chi connectivity index (χ1) is 13.1. The van der Waals surface area contributed by atoms with Crippen molar-refractivity contribution in [2.24, 2.45) is 0 Å². The molecular formula is C20H18F2N2O3. The van der Waals surface area contributed by atoms with Crippen LogP contribution in [-0.2, 0) is 13.2 Å². The number of halogens is 2. The van der Waals surface area contributed by atoms with Crippen molar-refractivity contribution in [3.63, 3.8) is 0 Å². The number of ether oxygens (including phenoxy) is 1. The van der Waals surface area contributed by atoms with Crippen LogP contribution in [0.2, 0.25) is 0 Å². The average molecular weight is 372 g/mol. The Labute approximate surface area is 155 Å². The third kappa shape index (κ3) is 4.69. The molecule has 0 aliphatic rings. The second-order valence-corrected chi connectivity index (χ2v) is 5.85. The van der Waals surface area contributed by atoms with Crippen LogP contribution in [0.15, 0.2) is 59.1 Å². The van der Waals surface area contributed by atoms with Gasteiger partial charge in [-0.2, -0.15) is 0 Å². The molecule has 0 aliphatic heterocycles. The summed E-state index contributed by atoms with van der Waals surface area (Å²) >= 11 is 0. The molecule has 3 aromatic rings. The van der Waals surface area contributed by atoms with E-state index in [-0.39, 0.29) is 29.7 Å². The van der Waals surface area contributed by atoms with Gasteiger partial charge in [0.1, 0.15) is 12.4 Å². The smallest absolute Gasteiger partial charge is 0.276 e. The van der Waals surface area contributed by atoms with E-state index in [0.29, 0.717) is 13.1 Å². The summed E-state index contributed by atoms with van der Waals surface area (Å²) < 4.78 is 36.8. The second kappa shape index (κ2) is 8.44. The maximum absolute atomic E-state index is 13.6. The van der Waals surface area contributed by atoms with Crippen molar-refractivity contribution in [2.45, 2.75) is 20.1 Å². The molecule has 27 heavy (non-hydrogen) atoms. The van der Waals surface area contributed by atoms with Gasteiger partial charge >= 0.3 is 0 Å². The minimum atomic E-state index is -0.814. The summed E-state index contributed by atoms with van der Waals surface area (Å²) in [5, 5.41) is 3.78. The van der Waals surface area contributed by atoms with Gasteiger partial charge in [0.05, 0.1) is 0 Å². The van der Waals surface area contributed by atoms with Gasteiger partial charge in [0.15, 0.2) is 23.0 Å². The monoisotopic (exact) mass is 372 g/mol. The van der Waals surface area contributed by atoms with Gasteiger partial charge in [0.2, 0.25) is 0 Å². The molecule has 1 aromatic heterocycles. The molecule has 2 aromatic carbocycles. The van der Waals surface area contributed by atoms with Crippen molar-refractivity contribution in [3.05, 3.63) is 83.2 Å². The first-order valence-corrected chi connectivity index (χ1v) is 8.43. The molecule has 0 atom stereocenters. The Morgan fingerprint density at radius 1 is 1.15 bits per heavy atom. The molecule has 0 saturated carbocycles. The first kappa shape index (κ1) is 18.6. The van der Waals surface area contributed by atoms with E-state index in [1.807, 2.05) is 37.3 Å². The number of hydrogen-bond acceptors (Lipinski definition) is 4. The zero-order valence-electron chi connectivity index (χ0n) is 14.7. The number of benzene rings is 2. The first-order valence-electron chi connectivity index (χ1n) is 8.43. The zero-order chi connectivity index (χ0) is 19.2. The molecule has 140 valence electrons. The van der Waals surface area contributed by atoms with Crippen LogP contribution in [0.1, 0.15) is 28.7 Å². The van der Waals surface area contributed by atoms with E-state index in [2.05, 4.69) is 5.16 Å². The summed E-state index contributed by atoms with van der Waals surface area (Å²) in [6, 6.07) is 14.1. The van der Waals surface area contributed by atoms with Crippen molar-refractivity contribution >= 4 is 5.91 Å². The quantitative estimate of drug-likeness (QED) is 0.624. The van der Waals surface area contributed by atoms with E-state index < -0.39 is 11.6 Å². The van der Waals surface area contributed by atoms with Crippen molar-refractivity contribution in [2.75, 3.05) is 6.54 Å². The summed E-state index contributed by atoms with van der Waals surface area (Å²) in [5.74, 6) is -1.63. The lowest BCUT2D eigenvalue weighted by atomic mass is 10.2. The van der Waals surface area contributed by atoms with E-state index in [1.54, 1.807) is 4.90 Å². The molecule has 0 unspecified atom stereocenters. The summed E-state index contributed by atoms with van der Waals surface area (Å²) in [5.41, 5.74) is 1.15. The van der Waals surface area contributed by atoms with Crippen LogP contribution < -0.4 is 4.74 Å². The second-order valence-electron chi connectivity index (χ2n) is 5.85. The Morgan fingerprint density at radius 3 is 2.63 bits per heavy atom. The molecule has 3 rings (SSSR count). The lowest BCUT2D eigenvalue weighted by Crippen LogP contribution is -2.30. The van der Waals surface area contributed by atoms with E-state index >= 15 is 0 Å². The predicted octanol–water partition coefficient (Wildman–Crippen LogP) is 4.19. The highest BCUT2D eigenvalue weighted by molar-refractivity contribution is 5.92. The topological polar surface area (TPSA) is 55.6 Å². The summed E-state index contributed by atoms with van der Waals surface area (Å²) in [6.07, 6.45) is 0. The fraction of sp³-hybridized carbons (Fsp3) is 0.200. The van der Waals surface area contributed by atoms with E-state index in [1.165, 1.54) is 12.1 Å². The predicted molar refractivity (Wildman–Crippen MR) is 94.0 cm³/mol. The molecule has 5 nitrogen and oxygen atoms in total. The maximum Gasteiger partial charge on any atom is 0.276 e. The third-order valence-corrected chi connectivity index (χ3v) is 3.93. The fourth-order valence-electron chi connectivity index (χ4n) is 2.52. The lowest BCUT2D eigenvalue weighted by Gasteiger charge is -2.19. The summed E-state index contributed by atoms with van der Waals surface area (Å²) in [6.45, 7) is 2.71. The highest BCUT2D eigenvalue weighted by Crippen LogP contribution is 2.19. The lowest BCUT2D eigenvalue weighted by molar-refractivity contribution is 0.0742. The van der Waals surface area contributed by atoms with Crippen molar-refractivity contribution in [1.29, 1.82) is 0 Å². The van der Waals surface area contributed by atoms with E-state index in [4.69, 9.17) is 9.26 Å². The van der Waals surface area contributed by atoms with Gasteiger partial charge in [-0.1, -0.05) is 35.5 Å². The number of carbonyl (C=O) groups excluding carboxylic acids is 1. The zero-order valence-corrected chi connectivity index (χ0v) is 14.7. The van der Waals surface area contributed by atoms with Gasteiger partial charge in [-0.15, -0.1) is 0 Å². The highest BCUT2D eigenvalue weighted by Gasteiger charge is 2.19. The fourth-order valence-corrected chi connectivity index (χ4v) is 2.52. The molecule has 0 N–H and O–H groups in total. The Morgan fingerprint density at radius 2 is 1.93 bits per heavy atom. The number of nitrogens with zero attached hydrogens (tertiary/aromatic N) is 2. The molecular weight excluding hydrogens is 354 g/mol. The molecule has 0 spiro atoms. The number of rotatable bonds is 7. The van der Waals surface area contributed by atoms with Crippen molar-refractivity contribution in [1.82, 2.24) is 10.1 Å². The van der Waals surface area contributed by atoms with Gasteiger partial charge in [-0.3, -0.25) is 4.79 Å². The Balaban J connectivity index is 1.64. The minimum absolute atomic E-state index is 0.111. The van der Waals surface area contributed by atoms with Crippen LogP contribution in [-0.4, -0.2) is 22.5 Å². The van der Waals surface area contributed by atoms with Gasteiger partial charge in [0.25, 0.3) is 5.91 Å². The molecule has 0 radical (unpaired) electrons. The molecule has 0 fully saturated rings. The average Bonchev–Trinajstić information content (AvgIpc) is 3.15. The molecule has 7 heteroatoms. The maximum atomic E-state index is 13.6. The van der Waals surface area contributed by atoms with E-state index in [9.17, 15) is 13.6 Å². The van der Waals surface area contributed by atoms with Crippen LogP contribution in [0.5, 0.6) is 5.75 Å². The van der Waals surface area contributed by atoms with Gasteiger partial charge < -0.3 is 14.2 Å². The Kier molecular flexibility index (Phi) is 5.80. The van der Waals surface area contributed by atoms with Gasteiger partial charge in [-0.25, -0.2) is 8.78 Å². The Hall–Kier alpha value is -3.22. The number of carbonyl (C=O) groups is 1. The van der Waals surface area contributed by atoms with Crippen LogP contribution in [0.25, 0.3) is 0 Å². The van der Waals surface area contributed by atoms with Crippen LogP contribution >= 0.6 is 0 Å². The summed E-state index contributed by atoms with van der Waals surface area (Å²) in [7, 11) is 0. The van der Waals surface area contributed by atoms with Crippen LogP contribution in [0.3, 0.4) is 0 Å². The largest absolute Gasteiger partial charge is 0.482 e. The summed E-state index contributed by atoms with van der Waals surface area (Å²) in [4.78, 5) is 14.3. The Bertz CT molecular complexity index is 913. The van der Waals surface area contributed by atoms with Crippen LogP contribution in [0, 0.1) is 11.6 Å². The number of amides is 1. The minimum Gasteiger partial charge on any atom is -0.482 e. The molecule has 0 saturated heterocycles. The molecule has 1 heterocycles. The van der Waals surface area contributed by atoms with Crippen LogP contribution in [0.4, 0.5) is 8.78 Å². The van der Waals surface area contributed by atoms with Gasteiger partial charge in [-0.05, 0) is 24.6 Å².